The van der Waals surface area contributed by atoms with Gasteiger partial charge in [0.2, 0.25) is 11.8 Å². The molecule has 72 valence electrons. The number of hydrogen-bond acceptors (Lipinski definition) is 3. The van der Waals surface area contributed by atoms with E-state index < -0.39 is 0 Å². The van der Waals surface area contributed by atoms with E-state index in [4.69, 9.17) is 0 Å². The highest BCUT2D eigenvalue weighted by Crippen LogP contribution is 2.46. The van der Waals surface area contributed by atoms with Gasteiger partial charge in [0, 0.05) is 13.1 Å². The largest absolute Gasteiger partial charge is 0.315 e. The lowest BCUT2D eigenvalue weighted by atomic mass is 10.4. The zero-order valence-corrected chi connectivity index (χ0v) is 7.75. The highest BCUT2D eigenvalue weighted by atomic mass is 16.2. The molecule has 0 aromatic heterocycles. The van der Waals surface area contributed by atoms with Crippen LogP contribution in [0.3, 0.4) is 0 Å². The van der Waals surface area contributed by atoms with Crippen molar-refractivity contribution in [1.82, 2.24) is 10.2 Å². The first kappa shape index (κ1) is 8.69. The van der Waals surface area contributed by atoms with Gasteiger partial charge < -0.3 is 5.32 Å². The van der Waals surface area contributed by atoms with Crippen LogP contribution in [0.25, 0.3) is 0 Å². The lowest BCUT2D eigenvalue weighted by Crippen LogP contribution is -2.38. The van der Waals surface area contributed by atoms with Crippen molar-refractivity contribution in [1.29, 1.82) is 0 Å². The number of carbonyl (C=O) groups excluding carboxylic acids is 2. The molecule has 1 aliphatic heterocycles. The van der Waals surface area contributed by atoms with E-state index in [2.05, 4.69) is 5.32 Å². The standard InChI is InChI=1S/C9H14N2O2/c1-2-10-3-4-11-8(12)6-5-7(6)9(11)13/h6-7,10H,2-5H2,1H3. The number of imide groups is 1. The Balaban J connectivity index is 1.86. The van der Waals surface area contributed by atoms with Gasteiger partial charge >= 0.3 is 0 Å². The molecule has 2 amide bonds. The minimum absolute atomic E-state index is 0.0490. The molecule has 2 aliphatic rings. The molecule has 0 bridgehead atoms. The summed E-state index contributed by atoms with van der Waals surface area (Å²) in [5.74, 6) is 0.198. The average molecular weight is 182 g/mol. The van der Waals surface area contributed by atoms with Gasteiger partial charge in [0.25, 0.3) is 0 Å². The maximum atomic E-state index is 11.4. The maximum Gasteiger partial charge on any atom is 0.233 e. The third-order valence-electron chi connectivity index (χ3n) is 2.72. The molecule has 0 aromatic rings. The first-order chi connectivity index (χ1) is 6.25. The Bertz CT molecular complexity index is 232. The van der Waals surface area contributed by atoms with Crippen molar-refractivity contribution in [2.75, 3.05) is 19.6 Å². The zero-order valence-electron chi connectivity index (χ0n) is 7.75. The molecule has 1 N–H and O–H groups in total. The monoisotopic (exact) mass is 182 g/mol. The zero-order chi connectivity index (χ0) is 9.42. The lowest BCUT2D eigenvalue weighted by molar-refractivity contribution is -0.141. The fourth-order valence-electron chi connectivity index (χ4n) is 1.84. The quantitative estimate of drug-likeness (QED) is 0.475. The summed E-state index contributed by atoms with van der Waals surface area (Å²) in [7, 11) is 0. The van der Waals surface area contributed by atoms with Crippen LogP contribution in [-0.2, 0) is 9.59 Å². The van der Waals surface area contributed by atoms with Gasteiger partial charge in [0.05, 0.1) is 11.8 Å². The summed E-state index contributed by atoms with van der Waals surface area (Å²) >= 11 is 0. The molecule has 0 aromatic carbocycles. The molecule has 2 unspecified atom stereocenters. The molecule has 2 fully saturated rings. The number of hydrogen-bond donors (Lipinski definition) is 1. The topological polar surface area (TPSA) is 49.4 Å². The van der Waals surface area contributed by atoms with E-state index in [1.165, 1.54) is 4.90 Å². The summed E-state index contributed by atoms with van der Waals surface area (Å²) in [5.41, 5.74) is 0. The first-order valence-corrected chi connectivity index (χ1v) is 4.81. The number of likely N-dealkylation sites (tertiary alicyclic amines) is 1. The van der Waals surface area contributed by atoms with E-state index >= 15 is 0 Å². The minimum Gasteiger partial charge on any atom is -0.315 e. The predicted octanol–water partition coefficient (Wildman–Crippen LogP) is -0.399. The van der Waals surface area contributed by atoms with Crippen LogP contribution in [-0.4, -0.2) is 36.3 Å². The van der Waals surface area contributed by atoms with Crippen LogP contribution < -0.4 is 5.32 Å². The van der Waals surface area contributed by atoms with Crippen LogP contribution in [0.5, 0.6) is 0 Å². The molecule has 0 radical (unpaired) electrons. The number of nitrogens with zero attached hydrogens (tertiary/aromatic N) is 1. The van der Waals surface area contributed by atoms with E-state index in [1.54, 1.807) is 0 Å². The van der Waals surface area contributed by atoms with E-state index in [1.807, 2.05) is 6.92 Å². The van der Waals surface area contributed by atoms with Gasteiger partial charge in [0.1, 0.15) is 0 Å². The van der Waals surface area contributed by atoms with Crippen molar-refractivity contribution in [2.24, 2.45) is 11.8 Å². The Morgan fingerprint density at radius 2 is 2.00 bits per heavy atom. The second-order valence-electron chi connectivity index (χ2n) is 3.63. The molecule has 2 rings (SSSR count). The minimum atomic E-state index is 0.0490. The van der Waals surface area contributed by atoms with Gasteiger partial charge in [-0.1, -0.05) is 6.92 Å². The fraction of sp³-hybridized carbons (Fsp3) is 0.778. The van der Waals surface area contributed by atoms with Gasteiger partial charge in [0.15, 0.2) is 0 Å². The van der Waals surface area contributed by atoms with Gasteiger partial charge in [-0.3, -0.25) is 14.5 Å². The van der Waals surface area contributed by atoms with Crippen LogP contribution in [0, 0.1) is 11.8 Å². The third kappa shape index (κ3) is 1.35. The molecule has 0 spiro atoms. The highest BCUT2D eigenvalue weighted by Gasteiger charge is 2.58. The summed E-state index contributed by atoms with van der Waals surface area (Å²) in [5, 5.41) is 3.10. The molecular formula is C9H14N2O2. The molecule has 1 saturated carbocycles. The molecule has 1 saturated heterocycles. The Morgan fingerprint density at radius 3 is 2.54 bits per heavy atom. The molecule has 4 heteroatoms. The SMILES string of the molecule is CCNCCN1C(=O)C2CC2C1=O. The van der Waals surface area contributed by atoms with Crippen LogP contribution in [0.15, 0.2) is 0 Å². The van der Waals surface area contributed by atoms with Gasteiger partial charge in [-0.25, -0.2) is 0 Å². The first-order valence-electron chi connectivity index (χ1n) is 4.81. The Labute approximate surface area is 77.3 Å². The molecular weight excluding hydrogens is 168 g/mol. The lowest BCUT2D eigenvalue weighted by Gasteiger charge is -2.15. The Hall–Kier alpha value is -0.900. The third-order valence-corrected chi connectivity index (χ3v) is 2.72. The number of rotatable bonds is 4. The van der Waals surface area contributed by atoms with Crippen LogP contribution >= 0.6 is 0 Å². The van der Waals surface area contributed by atoms with Gasteiger partial charge in [-0.2, -0.15) is 0 Å². The van der Waals surface area contributed by atoms with Crippen molar-refractivity contribution in [3.63, 3.8) is 0 Å². The smallest absolute Gasteiger partial charge is 0.233 e. The van der Waals surface area contributed by atoms with Crippen molar-refractivity contribution in [2.45, 2.75) is 13.3 Å². The Kier molecular flexibility index (Phi) is 2.07. The summed E-state index contributed by atoms with van der Waals surface area (Å²) in [4.78, 5) is 24.3. The fourth-order valence-corrected chi connectivity index (χ4v) is 1.84. The van der Waals surface area contributed by atoms with E-state index in [-0.39, 0.29) is 23.7 Å². The summed E-state index contributed by atoms with van der Waals surface area (Å²) in [6, 6.07) is 0. The number of piperidine rings is 1. The second kappa shape index (κ2) is 3.10. The van der Waals surface area contributed by atoms with Gasteiger partial charge in [-0.05, 0) is 13.0 Å². The molecule has 1 heterocycles. The molecule has 1 aliphatic carbocycles. The number of likely N-dealkylation sites (N-methyl/N-ethyl adjacent to an activating group) is 1. The summed E-state index contributed by atoms with van der Waals surface area (Å²) < 4.78 is 0. The maximum absolute atomic E-state index is 11.4. The van der Waals surface area contributed by atoms with Crippen molar-refractivity contribution < 1.29 is 9.59 Å². The van der Waals surface area contributed by atoms with Crippen molar-refractivity contribution in [3.8, 4) is 0 Å². The molecule has 4 nitrogen and oxygen atoms in total. The number of amides is 2. The highest BCUT2D eigenvalue weighted by molar-refractivity contribution is 6.08. The Morgan fingerprint density at radius 1 is 1.38 bits per heavy atom. The second-order valence-corrected chi connectivity index (χ2v) is 3.63. The number of carbonyl (C=O) groups is 2. The van der Waals surface area contributed by atoms with Gasteiger partial charge in [-0.15, -0.1) is 0 Å². The number of nitrogens with one attached hydrogen (secondary N) is 1. The predicted molar refractivity (Wildman–Crippen MR) is 46.9 cm³/mol. The van der Waals surface area contributed by atoms with Crippen molar-refractivity contribution >= 4 is 11.8 Å². The molecule has 13 heavy (non-hydrogen) atoms. The van der Waals surface area contributed by atoms with Crippen LogP contribution in [0.4, 0.5) is 0 Å². The normalized spacial score (nSPS) is 31.0. The van der Waals surface area contributed by atoms with E-state index in [9.17, 15) is 9.59 Å². The number of fused-ring (bicyclic) bond motifs is 1. The summed E-state index contributed by atoms with van der Waals surface area (Å²) in [6.45, 7) is 4.14. The van der Waals surface area contributed by atoms with Crippen LogP contribution in [0.2, 0.25) is 0 Å². The van der Waals surface area contributed by atoms with E-state index in [0.29, 0.717) is 13.1 Å². The average Bonchev–Trinajstić information content (AvgIpc) is 2.85. The van der Waals surface area contributed by atoms with Crippen LogP contribution in [0.1, 0.15) is 13.3 Å². The summed E-state index contributed by atoms with van der Waals surface area (Å²) in [6.07, 6.45) is 0.801. The van der Waals surface area contributed by atoms with Crippen molar-refractivity contribution in [3.05, 3.63) is 0 Å². The molecule has 2 atom stereocenters. The van der Waals surface area contributed by atoms with E-state index in [0.717, 1.165) is 13.0 Å².